The van der Waals surface area contributed by atoms with Crippen LogP contribution < -0.4 is 15.5 Å². The number of likely N-dealkylation sites (N-methyl/N-ethyl adjacent to an activating group) is 1. The summed E-state index contributed by atoms with van der Waals surface area (Å²) in [6.07, 6.45) is 2.23. The Morgan fingerprint density at radius 3 is 2.56 bits per heavy atom. The van der Waals surface area contributed by atoms with Crippen molar-refractivity contribution in [2.75, 3.05) is 20.7 Å². The van der Waals surface area contributed by atoms with E-state index in [1.165, 1.54) is 13.3 Å². The molecule has 0 saturated carbocycles. The first-order valence-corrected chi connectivity index (χ1v) is 10.1. The second-order valence-corrected chi connectivity index (χ2v) is 7.89. The van der Waals surface area contributed by atoms with E-state index in [9.17, 15) is 14.4 Å². The quantitative estimate of drug-likeness (QED) is 0.533. The zero-order chi connectivity index (χ0) is 21.4. The van der Waals surface area contributed by atoms with E-state index in [1.807, 2.05) is 49.2 Å². The number of rotatable bonds is 4. The van der Waals surface area contributed by atoms with Gasteiger partial charge in [0.1, 0.15) is 11.7 Å². The van der Waals surface area contributed by atoms with Gasteiger partial charge < -0.3 is 26.9 Å². The van der Waals surface area contributed by atoms with Gasteiger partial charge in [-0.1, -0.05) is 30.3 Å². The number of fused-ring (bicyclic) bond motifs is 2. The molecule has 2 aromatic rings. The van der Waals surface area contributed by atoms with E-state index < -0.39 is 11.3 Å². The number of ether oxygens (including phenoxy) is 1. The first kappa shape index (κ1) is 25.8. The SMILES string of the molecule is COc1c2n(cc(C(=O)NCc3ccccc3)c1=O)C[C@H]1N(C)CC[C@H](C)N1C2=O.[CH3-].[Re]. The number of carbonyl (C=O) groups is 2. The third-order valence-corrected chi connectivity index (χ3v) is 5.98. The van der Waals surface area contributed by atoms with Crippen molar-refractivity contribution in [1.82, 2.24) is 19.7 Å². The van der Waals surface area contributed by atoms with Gasteiger partial charge in [-0.25, -0.2) is 0 Å². The summed E-state index contributed by atoms with van der Waals surface area (Å²) in [7, 11) is 3.34. The standard InChI is InChI=1S/C22H26N4O4.CH3.Re/c1-14-9-10-24(2)17-13-25-12-16(21(28)23-11-15-7-5-4-6-8-15)19(27)20(30-3)18(25)22(29)26(14)17;;/h4-8,12,14,17H,9-11,13H2,1-3H3,(H,23,28);1H3;/q;-1;/t14-,17-;;/m0../s1. The van der Waals surface area contributed by atoms with Gasteiger partial charge in [-0.15, -0.1) is 0 Å². The first-order chi connectivity index (χ1) is 14.4. The van der Waals surface area contributed by atoms with Crippen LogP contribution in [-0.4, -0.2) is 59.1 Å². The maximum absolute atomic E-state index is 13.3. The summed E-state index contributed by atoms with van der Waals surface area (Å²) in [4.78, 5) is 43.0. The van der Waals surface area contributed by atoms with Crippen LogP contribution in [0.2, 0.25) is 0 Å². The normalized spacial score (nSPS) is 19.7. The van der Waals surface area contributed by atoms with Crippen molar-refractivity contribution in [3.63, 3.8) is 0 Å². The molecule has 1 aromatic carbocycles. The zero-order valence-electron chi connectivity index (χ0n) is 18.8. The topological polar surface area (TPSA) is 83.9 Å². The number of aromatic nitrogens is 1. The molecular weight excluding hydrogens is 582 g/mol. The van der Waals surface area contributed by atoms with E-state index in [-0.39, 0.29) is 63.0 Å². The maximum atomic E-state index is 13.3. The van der Waals surface area contributed by atoms with Gasteiger partial charge in [0.15, 0.2) is 11.4 Å². The molecule has 0 unspecified atom stereocenters. The molecule has 1 aromatic heterocycles. The van der Waals surface area contributed by atoms with Crippen molar-refractivity contribution in [3.8, 4) is 5.75 Å². The number of hydrogen-bond acceptors (Lipinski definition) is 5. The minimum absolute atomic E-state index is 0. The van der Waals surface area contributed by atoms with Gasteiger partial charge in [-0.3, -0.25) is 19.3 Å². The zero-order valence-corrected chi connectivity index (χ0v) is 21.5. The number of nitrogens with one attached hydrogen (secondary N) is 1. The van der Waals surface area contributed by atoms with Gasteiger partial charge in [0.25, 0.3) is 11.8 Å². The molecule has 8 nitrogen and oxygen atoms in total. The predicted octanol–water partition coefficient (Wildman–Crippen LogP) is 1.74. The van der Waals surface area contributed by atoms with Gasteiger partial charge in [0, 0.05) is 45.8 Å². The number of amides is 2. The Balaban J connectivity index is 0.00000181. The summed E-state index contributed by atoms with van der Waals surface area (Å²) < 4.78 is 7.02. The number of methoxy groups -OCH3 is 1. The average molecular weight is 612 g/mol. The van der Waals surface area contributed by atoms with Crippen LogP contribution in [0.3, 0.4) is 0 Å². The van der Waals surface area contributed by atoms with E-state index >= 15 is 0 Å². The Morgan fingerprint density at radius 1 is 1.22 bits per heavy atom. The molecule has 0 bridgehead atoms. The van der Waals surface area contributed by atoms with E-state index in [0.717, 1.165) is 18.5 Å². The maximum Gasteiger partial charge on any atom is 0.276 e. The van der Waals surface area contributed by atoms with Crippen LogP contribution in [-0.2, 0) is 33.5 Å². The molecule has 1 fully saturated rings. The summed E-state index contributed by atoms with van der Waals surface area (Å²) in [5, 5.41) is 2.78. The van der Waals surface area contributed by atoms with Crippen molar-refractivity contribution in [3.05, 3.63) is 71.0 Å². The van der Waals surface area contributed by atoms with Crippen LogP contribution in [0.4, 0.5) is 0 Å². The van der Waals surface area contributed by atoms with E-state index in [4.69, 9.17) is 4.74 Å². The van der Waals surface area contributed by atoms with E-state index in [0.29, 0.717) is 13.1 Å². The molecule has 2 aliphatic heterocycles. The number of carbonyl (C=O) groups excluding carboxylic acids is 2. The third-order valence-electron chi connectivity index (χ3n) is 5.98. The molecule has 2 aliphatic rings. The van der Waals surface area contributed by atoms with Crippen molar-refractivity contribution >= 4 is 11.8 Å². The molecule has 4 rings (SSSR count). The molecule has 173 valence electrons. The summed E-state index contributed by atoms with van der Waals surface area (Å²) >= 11 is 0. The molecule has 1 N–H and O–H groups in total. The molecule has 1 radical (unpaired) electrons. The van der Waals surface area contributed by atoms with Crippen molar-refractivity contribution in [2.45, 2.75) is 38.6 Å². The number of nitrogens with zero attached hydrogens (tertiary/aromatic N) is 3. The fourth-order valence-corrected chi connectivity index (χ4v) is 4.27. The van der Waals surface area contributed by atoms with Crippen LogP contribution in [0.15, 0.2) is 41.3 Å². The second kappa shape index (κ2) is 10.4. The first-order valence-electron chi connectivity index (χ1n) is 10.1. The van der Waals surface area contributed by atoms with Gasteiger partial charge in [-0.2, -0.15) is 0 Å². The molecule has 0 spiro atoms. The van der Waals surface area contributed by atoms with Gasteiger partial charge in [0.2, 0.25) is 5.43 Å². The van der Waals surface area contributed by atoms with E-state index in [1.54, 1.807) is 4.57 Å². The number of pyridine rings is 1. The molecular formula is C23H29N4O4Re-. The Kier molecular flexibility index (Phi) is 8.41. The molecule has 0 aliphatic carbocycles. The van der Waals surface area contributed by atoms with Crippen LogP contribution >= 0.6 is 0 Å². The van der Waals surface area contributed by atoms with Crippen LogP contribution in [0.5, 0.6) is 5.75 Å². The third kappa shape index (κ3) is 4.51. The molecule has 2 amide bonds. The van der Waals surface area contributed by atoms with Gasteiger partial charge >= 0.3 is 0 Å². The Morgan fingerprint density at radius 2 is 1.91 bits per heavy atom. The monoisotopic (exact) mass is 612 g/mol. The molecule has 3 heterocycles. The summed E-state index contributed by atoms with van der Waals surface area (Å²) in [5.74, 6) is -0.806. The van der Waals surface area contributed by atoms with Gasteiger partial charge in [0.05, 0.1) is 13.7 Å². The Bertz CT molecular complexity index is 1040. The fourth-order valence-electron chi connectivity index (χ4n) is 4.27. The van der Waals surface area contributed by atoms with Crippen LogP contribution in [0, 0.1) is 7.43 Å². The fraction of sp³-hybridized carbons (Fsp3) is 0.391. The second-order valence-electron chi connectivity index (χ2n) is 7.89. The van der Waals surface area contributed by atoms with Crippen LogP contribution in [0.1, 0.15) is 39.8 Å². The average Bonchev–Trinajstić information content (AvgIpc) is 2.75. The van der Waals surface area contributed by atoms with Crippen LogP contribution in [0.25, 0.3) is 0 Å². The Hall–Kier alpha value is -2.47. The van der Waals surface area contributed by atoms with Crippen molar-refractivity contribution in [2.24, 2.45) is 0 Å². The largest absolute Gasteiger partial charge is 0.491 e. The molecule has 2 atom stereocenters. The Labute approximate surface area is 202 Å². The van der Waals surface area contributed by atoms with Gasteiger partial charge in [-0.05, 0) is 26.0 Å². The minimum atomic E-state index is -0.570. The number of benzene rings is 1. The summed E-state index contributed by atoms with van der Waals surface area (Å²) in [5.41, 5.74) is 0.540. The minimum Gasteiger partial charge on any atom is -0.491 e. The molecule has 32 heavy (non-hydrogen) atoms. The summed E-state index contributed by atoms with van der Waals surface area (Å²) in [6.45, 7) is 3.67. The van der Waals surface area contributed by atoms with Crippen molar-refractivity contribution < 1.29 is 34.7 Å². The summed E-state index contributed by atoms with van der Waals surface area (Å²) in [6, 6.07) is 9.53. The molecule has 9 heteroatoms. The molecule has 1 saturated heterocycles. The smallest absolute Gasteiger partial charge is 0.276 e. The predicted molar refractivity (Wildman–Crippen MR) is 118 cm³/mol. The number of hydrogen-bond donors (Lipinski definition) is 1. The van der Waals surface area contributed by atoms with E-state index in [2.05, 4.69) is 10.2 Å². The van der Waals surface area contributed by atoms with Crippen molar-refractivity contribution in [1.29, 1.82) is 0 Å².